The third-order valence-corrected chi connectivity index (χ3v) is 5.88. The van der Waals surface area contributed by atoms with Crippen molar-refractivity contribution in [1.29, 1.82) is 0 Å². The number of hydrogen-bond acceptors (Lipinski definition) is 6. The molecule has 130 valence electrons. The van der Waals surface area contributed by atoms with Crippen molar-refractivity contribution >= 4 is 49.1 Å². The summed E-state index contributed by atoms with van der Waals surface area (Å²) in [6.45, 7) is 5.98. The summed E-state index contributed by atoms with van der Waals surface area (Å²) in [5.74, 6) is -0.696. The lowest BCUT2D eigenvalue weighted by atomic mass is 10.2. The fourth-order valence-corrected chi connectivity index (χ4v) is 4.54. The molecule has 0 saturated carbocycles. The van der Waals surface area contributed by atoms with Gasteiger partial charge in [0.05, 0.1) is 9.58 Å². The molecule has 25 heavy (non-hydrogen) atoms. The third-order valence-electron chi connectivity index (χ3n) is 3.66. The standard InChI is InChI=1S/C17H18N4O2S2/c1-3-21(4-2)17-18-16-13(25-17)10-12(24-16)15(23)20-19-14(22)11-8-6-5-7-9-11/h5-10H,3-4H2,1-2H3,(H,19,22)(H,20,23). The number of hydrogen-bond donors (Lipinski definition) is 2. The molecule has 0 aliphatic rings. The summed E-state index contributed by atoms with van der Waals surface area (Å²) in [7, 11) is 0. The van der Waals surface area contributed by atoms with E-state index in [-0.39, 0.29) is 11.8 Å². The molecule has 0 aliphatic heterocycles. The first-order valence-corrected chi connectivity index (χ1v) is 9.56. The minimum atomic E-state index is -0.353. The number of thiophene rings is 1. The van der Waals surface area contributed by atoms with E-state index in [0.29, 0.717) is 10.4 Å². The highest BCUT2D eigenvalue weighted by atomic mass is 32.1. The van der Waals surface area contributed by atoms with Gasteiger partial charge in [0.2, 0.25) is 0 Å². The lowest BCUT2D eigenvalue weighted by Crippen LogP contribution is -2.41. The van der Waals surface area contributed by atoms with Crippen LogP contribution in [0, 0.1) is 0 Å². The Morgan fingerprint density at radius 3 is 2.36 bits per heavy atom. The van der Waals surface area contributed by atoms with E-state index in [0.717, 1.165) is 27.8 Å². The normalized spacial score (nSPS) is 10.6. The first kappa shape index (κ1) is 17.4. The average molecular weight is 374 g/mol. The van der Waals surface area contributed by atoms with E-state index in [4.69, 9.17) is 0 Å². The Bertz CT molecular complexity index is 853. The molecule has 2 amide bonds. The fourth-order valence-electron chi connectivity index (χ4n) is 2.30. The van der Waals surface area contributed by atoms with E-state index in [1.807, 2.05) is 12.1 Å². The van der Waals surface area contributed by atoms with E-state index in [9.17, 15) is 9.59 Å². The van der Waals surface area contributed by atoms with E-state index in [1.165, 1.54) is 11.3 Å². The quantitative estimate of drug-likeness (QED) is 0.672. The Hall–Kier alpha value is -2.45. The molecule has 0 bridgehead atoms. The molecule has 6 nitrogen and oxygen atoms in total. The average Bonchev–Trinajstić information content (AvgIpc) is 3.20. The van der Waals surface area contributed by atoms with Gasteiger partial charge in [0, 0.05) is 18.7 Å². The molecule has 1 aromatic carbocycles. The van der Waals surface area contributed by atoms with Crippen molar-refractivity contribution in [3.05, 3.63) is 46.8 Å². The molecule has 2 heterocycles. The lowest BCUT2D eigenvalue weighted by Gasteiger charge is -2.16. The second-order valence-corrected chi connectivity index (χ2v) is 7.26. The minimum absolute atomic E-state index is 0.344. The zero-order valence-corrected chi connectivity index (χ0v) is 15.5. The van der Waals surface area contributed by atoms with Crippen molar-refractivity contribution in [3.8, 4) is 0 Å². The Morgan fingerprint density at radius 2 is 1.72 bits per heavy atom. The van der Waals surface area contributed by atoms with Crippen LogP contribution in [0.25, 0.3) is 9.53 Å². The van der Waals surface area contributed by atoms with Crippen LogP contribution in [0.1, 0.15) is 33.9 Å². The first-order valence-electron chi connectivity index (χ1n) is 7.93. The maximum atomic E-state index is 12.2. The predicted octanol–water partition coefficient (Wildman–Crippen LogP) is 3.28. The summed E-state index contributed by atoms with van der Waals surface area (Å²) in [6, 6.07) is 10.5. The Kier molecular flexibility index (Phi) is 5.30. The second kappa shape index (κ2) is 7.62. The fraction of sp³-hybridized carbons (Fsp3) is 0.235. The summed E-state index contributed by atoms with van der Waals surface area (Å²) in [6.07, 6.45) is 0. The molecule has 0 atom stereocenters. The number of aromatic nitrogens is 1. The molecular weight excluding hydrogens is 356 g/mol. The van der Waals surface area contributed by atoms with E-state index in [2.05, 4.69) is 34.6 Å². The SMILES string of the molecule is CCN(CC)c1nc2sc(C(=O)NNC(=O)c3ccccc3)cc2s1. The number of benzene rings is 1. The number of nitrogens with one attached hydrogen (secondary N) is 2. The summed E-state index contributed by atoms with van der Waals surface area (Å²) < 4.78 is 0.978. The highest BCUT2D eigenvalue weighted by Gasteiger charge is 2.16. The zero-order valence-electron chi connectivity index (χ0n) is 13.9. The van der Waals surface area contributed by atoms with Gasteiger partial charge in [0.1, 0.15) is 4.83 Å². The Morgan fingerprint density at radius 1 is 1.04 bits per heavy atom. The van der Waals surface area contributed by atoms with Gasteiger partial charge in [-0.05, 0) is 32.0 Å². The van der Waals surface area contributed by atoms with Gasteiger partial charge in [-0.25, -0.2) is 4.98 Å². The summed E-state index contributed by atoms with van der Waals surface area (Å²) in [5.41, 5.74) is 5.36. The molecule has 0 unspecified atom stereocenters. The monoisotopic (exact) mass is 374 g/mol. The van der Waals surface area contributed by atoms with E-state index in [1.54, 1.807) is 35.6 Å². The minimum Gasteiger partial charge on any atom is -0.349 e. The van der Waals surface area contributed by atoms with Gasteiger partial charge in [-0.15, -0.1) is 11.3 Å². The number of carbonyl (C=O) groups is 2. The largest absolute Gasteiger partial charge is 0.349 e. The molecule has 2 aromatic heterocycles. The highest BCUT2D eigenvalue weighted by Crippen LogP contribution is 2.34. The Labute approximate surface area is 153 Å². The summed E-state index contributed by atoms with van der Waals surface area (Å²) in [5, 5.41) is 0.968. The van der Waals surface area contributed by atoms with E-state index < -0.39 is 0 Å². The predicted molar refractivity (Wildman–Crippen MR) is 102 cm³/mol. The molecule has 2 N–H and O–H groups in total. The number of rotatable bonds is 5. The number of fused-ring (bicyclic) bond motifs is 1. The topological polar surface area (TPSA) is 74.3 Å². The van der Waals surface area contributed by atoms with Crippen molar-refractivity contribution < 1.29 is 9.59 Å². The maximum Gasteiger partial charge on any atom is 0.279 e. The number of nitrogens with zero attached hydrogens (tertiary/aromatic N) is 2. The van der Waals surface area contributed by atoms with Gasteiger partial charge in [0.15, 0.2) is 5.13 Å². The van der Waals surface area contributed by atoms with Crippen molar-refractivity contribution in [3.63, 3.8) is 0 Å². The van der Waals surface area contributed by atoms with Crippen LogP contribution in [0.15, 0.2) is 36.4 Å². The first-order chi connectivity index (χ1) is 12.1. The highest BCUT2D eigenvalue weighted by molar-refractivity contribution is 7.29. The Balaban J connectivity index is 1.66. The number of anilines is 1. The number of amides is 2. The van der Waals surface area contributed by atoms with Crippen molar-refractivity contribution in [2.45, 2.75) is 13.8 Å². The zero-order chi connectivity index (χ0) is 17.8. The van der Waals surface area contributed by atoms with Gasteiger partial charge in [-0.2, -0.15) is 0 Å². The molecular formula is C17H18N4O2S2. The van der Waals surface area contributed by atoms with Crippen LogP contribution in [-0.2, 0) is 0 Å². The summed E-state index contributed by atoms with van der Waals surface area (Å²) in [4.78, 5) is 32.3. The molecule has 0 saturated heterocycles. The van der Waals surface area contributed by atoms with Crippen LogP contribution in [0.5, 0.6) is 0 Å². The van der Waals surface area contributed by atoms with Crippen LogP contribution in [0.2, 0.25) is 0 Å². The molecule has 0 aliphatic carbocycles. The van der Waals surface area contributed by atoms with Crippen molar-refractivity contribution in [2.75, 3.05) is 18.0 Å². The second-order valence-electron chi connectivity index (χ2n) is 5.22. The van der Waals surface area contributed by atoms with Crippen LogP contribution < -0.4 is 15.8 Å². The maximum absolute atomic E-state index is 12.2. The number of hydrazine groups is 1. The molecule has 3 rings (SSSR count). The summed E-state index contributed by atoms with van der Waals surface area (Å²) >= 11 is 2.89. The van der Waals surface area contributed by atoms with Crippen LogP contribution in [-0.4, -0.2) is 29.9 Å². The lowest BCUT2D eigenvalue weighted by molar-refractivity contribution is 0.0849. The molecule has 0 radical (unpaired) electrons. The molecule has 0 fully saturated rings. The van der Waals surface area contributed by atoms with Gasteiger partial charge < -0.3 is 4.90 Å². The van der Waals surface area contributed by atoms with Crippen LogP contribution in [0.3, 0.4) is 0 Å². The van der Waals surface area contributed by atoms with Crippen molar-refractivity contribution in [2.24, 2.45) is 0 Å². The van der Waals surface area contributed by atoms with Gasteiger partial charge in [-0.3, -0.25) is 20.4 Å². The molecule has 8 heteroatoms. The smallest absolute Gasteiger partial charge is 0.279 e. The van der Waals surface area contributed by atoms with Crippen molar-refractivity contribution in [1.82, 2.24) is 15.8 Å². The van der Waals surface area contributed by atoms with E-state index >= 15 is 0 Å². The van der Waals surface area contributed by atoms with Crippen LogP contribution in [0.4, 0.5) is 5.13 Å². The van der Waals surface area contributed by atoms with Crippen LogP contribution >= 0.6 is 22.7 Å². The van der Waals surface area contributed by atoms with Gasteiger partial charge in [0.25, 0.3) is 11.8 Å². The molecule has 0 spiro atoms. The molecule has 3 aromatic rings. The number of thiazole rings is 1. The van der Waals surface area contributed by atoms with Gasteiger partial charge >= 0.3 is 0 Å². The van der Waals surface area contributed by atoms with Gasteiger partial charge in [-0.1, -0.05) is 29.5 Å². The third kappa shape index (κ3) is 3.80. The number of carbonyl (C=O) groups excluding carboxylic acids is 2.